The van der Waals surface area contributed by atoms with Crippen molar-refractivity contribution in [3.8, 4) is 0 Å². The van der Waals surface area contributed by atoms with E-state index in [4.69, 9.17) is 0 Å². The second-order valence-electron chi connectivity index (χ2n) is 15.0. The molecule has 300 valence electrons. The highest BCUT2D eigenvalue weighted by Gasteiger charge is 2.28. The van der Waals surface area contributed by atoms with Crippen LogP contribution in [0.15, 0.2) is 36.5 Å². The number of amides is 1. The third-order valence-electron chi connectivity index (χ3n) is 10.1. The van der Waals surface area contributed by atoms with Crippen molar-refractivity contribution in [3.63, 3.8) is 0 Å². The zero-order valence-corrected chi connectivity index (χ0v) is 33.6. The molecule has 0 saturated carbocycles. The van der Waals surface area contributed by atoms with Gasteiger partial charge in [-0.25, -0.2) is 0 Å². The zero-order chi connectivity index (χ0) is 37.5. The molecule has 0 aromatic heterocycles. The maximum atomic E-state index is 12.5. The molecule has 51 heavy (non-hydrogen) atoms. The van der Waals surface area contributed by atoms with Gasteiger partial charge >= 0.3 is 0 Å². The van der Waals surface area contributed by atoms with Crippen LogP contribution < -0.4 is 5.32 Å². The molecular formula is C45H85NO5. The number of carbonyl (C=O) groups excluding carboxylic acids is 1. The highest BCUT2D eigenvalue weighted by molar-refractivity contribution is 5.80. The fourth-order valence-electron chi connectivity index (χ4n) is 6.55. The lowest BCUT2D eigenvalue weighted by Gasteiger charge is -2.27. The van der Waals surface area contributed by atoms with Gasteiger partial charge in [0.15, 0.2) is 0 Å². The van der Waals surface area contributed by atoms with E-state index in [1.165, 1.54) is 135 Å². The van der Waals surface area contributed by atoms with E-state index in [-0.39, 0.29) is 0 Å². The Hall–Kier alpha value is -1.47. The number of aliphatic hydroxyl groups is 4. The Morgan fingerprint density at radius 1 is 0.490 bits per heavy atom. The molecule has 0 aliphatic carbocycles. The first-order valence-electron chi connectivity index (χ1n) is 21.9. The SMILES string of the molecule is CCCCCCCC/C=C/CCCC(O)C(O)C(CO)NC(=O)C(O)CCCCCCCCCC/C=C\C/C=C\CCCCCCCCCCC. The summed E-state index contributed by atoms with van der Waals surface area (Å²) in [6.07, 6.45) is 46.1. The molecule has 6 nitrogen and oxygen atoms in total. The number of allylic oxidation sites excluding steroid dienone is 6. The first-order valence-corrected chi connectivity index (χ1v) is 21.9. The van der Waals surface area contributed by atoms with E-state index in [2.05, 4.69) is 55.6 Å². The Bertz CT molecular complexity index is 812. The molecule has 0 saturated heterocycles. The second-order valence-corrected chi connectivity index (χ2v) is 15.0. The van der Waals surface area contributed by atoms with Crippen LogP contribution in [0.5, 0.6) is 0 Å². The standard InChI is InChI=1S/C45H85NO5/c1-3-5-7-9-11-13-15-16-17-18-19-20-21-22-23-24-25-26-27-29-31-33-35-37-39-43(49)45(51)46-41(40-47)44(50)42(48)38-36-34-32-30-28-14-12-10-8-6-4-2/h19-20,22-23,30,32,41-44,47-50H,3-18,21,24-29,31,33-40H2,1-2H3,(H,46,51)/b20-19-,23-22-,32-30+. The Balaban J connectivity index is 3.74. The number of nitrogens with one attached hydrogen (secondary N) is 1. The maximum absolute atomic E-state index is 12.5. The van der Waals surface area contributed by atoms with Crippen molar-refractivity contribution in [1.29, 1.82) is 0 Å². The van der Waals surface area contributed by atoms with E-state index >= 15 is 0 Å². The van der Waals surface area contributed by atoms with E-state index in [0.717, 1.165) is 51.4 Å². The Morgan fingerprint density at radius 2 is 0.863 bits per heavy atom. The minimum atomic E-state index is -1.28. The van der Waals surface area contributed by atoms with Gasteiger partial charge in [-0.05, 0) is 70.6 Å². The van der Waals surface area contributed by atoms with E-state index in [1.54, 1.807) is 0 Å². The van der Waals surface area contributed by atoms with Crippen molar-refractivity contribution >= 4 is 5.91 Å². The highest BCUT2D eigenvalue weighted by atomic mass is 16.3. The first-order chi connectivity index (χ1) is 25.0. The average molecular weight is 720 g/mol. The molecule has 6 heteroatoms. The maximum Gasteiger partial charge on any atom is 0.249 e. The Labute approximate surface area is 316 Å². The van der Waals surface area contributed by atoms with Crippen LogP contribution in [0, 0.1) is 0 Å². The van der Waals surface area contributed by atoms with E-state index in [9.17, 15) is 25.2 Å². The van der Waals surface area contributed by atoms with Crippen molar-refractivity contribution in [2.24, 2.45) is 0 Å². The van der Waals surface area contributed by atoms with Crippen LogP contribution >= 0.6 is 0 Å². The molecule has 1 amide bonds. The summed E-state index contributed by atoms with van der Waals surface area (Å²) in [5.41, 5.74) is 0. The quantitative estimate of drug-likeness (QED) is 0.0321. The van der Waals surface area contributed by atoms with Crippen molar-refractivity contribution < 1.29 is 25.2 Å². The smallest absolute Gasteiger partial charge is 0.249 e. The minimum Gasteiger partial charge on any atom is -0.394 e. The number of hydrogen-bond acceptors (Lipinski definition) is 5. The second kappa shape index (κ2) is 39.7. The number of rotatable bonds is 39. The van der Waals surface area contributed by atoms with Gasteiger partial charge in [0.2, 0.25) is 5.91 Å². The fraction of sp³-hybridized carbons (Fsp3) is 0.844. The van der Waals surface area contributed by atoms with E-state index in [1.807, 2.05) is 0 Å². The van der Waals surface area contributed by atoms with Gasteiger partial charge in [0.25, 0.3) is 0 Å². The summed E-state index contributed by atoms with van der Waals surface area (Å²) in [4.78, 5) is 12.5. The third kappa shape index (κ3) is 34.1. The van der Waals surface area contributed by atoms with Crippen LogP contribution in [0.2, 0.25) is 0 Å². The molecule has 4 unspecified atom stereocenters. The molecule has 0 aliphatic rings. The topological polar surface area (TPSA) is 110 Å². The highest BCUT2D eigenvalue weighted by Crippen LogP contribution is 2.15. The van der Waals surface area contributed by atoms with E-state index in [0.29, 0.717) is 12.8 Å². The molecule has 4 atom stereocenters. The molecule has 5 N–H and O–H groups in total. The van der Waals surface area contributed by atoms with Crippen molar-refractivity contribution in [3.05, 3.63) is 36.5 Å². The molecule has 0 radical (unpaired) electrons. The van der Waals surface area contributed by atoms with Crippen molar-refractivity contribution in [2.75, 3.05) is 6.61 Å². The summed E-state index contributed by atoms with van der Waals surface area (Å²) >= 11 is 0. The van der Waals surface area contributed by atoms with Gasteiger partial charge < -0.3 is 25.7 Å². The molecule has 0 fully saturated rings. The van der Waals surface area contributed by atoms with Gasteiger partial charge in [-0.3, -0.25) is 4.79 Å². The number of unbranched alkanes of at least 4 members (excludes halogenated alkanes) is 24. The third-order valence-corrected chi connectivity index (χ3v) is 10.1. The molecule has 0 heterocycles. The van der Waals surface area contributed by atoms with Crippen LogP contribution in [-0.2, 0) is 4.79 Å². The average Bonchev–Trinajstić information content (AvgIpc) is 3.13. The molecule has 0 aromatic rings. The number of aliphatic hydroxyl groups excluding tert-OH is 4. The summed E-state index contributed by atoms with van der Waals surface area (Å²) < 4.78 is 0. The van der Waals surface area contributed by atoms with Crippen LogP contribution in [-0.4, -0.2) is 57.3 Å². The molecule has 0 aromatic carbocycles. The van der Waals surface area contributed by atoms with Crippen molar-refractivity contribution in [1.82, 2.24) is 5.32 Å². The predicted octanol–water partition coefficient (Wildman–Crippen LogP) is 11.3. The van der Waals surface area contributed by atoms with Crippen LogP contribution in [0.4, 0.5) is 0 Å². The monoisotopic (exact) mass is 720 g/mol. The minimum absolute atomic E-state index is 0.356. The lowest BCUT2D eigenvalue weighted by atomic mass is 10.00. The lowest BCUT2D eigenvalue weighted by molar-refractivity contribution is -0.132. The van der Waals surface area contributed by atoms with Gasteiger partial charge in [-0.15, -0.1) is 0 Å². The molecular weight excluding hydrogens is 634 g/mol. The number of hydrogen-bond donors (Lipinski definition) is 5. The normalized spacial score (nSPS) is 14.5. The summed E-state index contributed by atoms with van der Waals surface area (Å²) in [5, 5.41) is 43.5. The first kappa shape index (κ1) is 49.5. The van der Waals surface area contributed by atoms with E-state index < -0.39 is 36.9 Å². The molecule has 0 rings (SSSR count). The molecule has 0 bridgehead atoms. The van der Waals surface area contributed by atoms with Crippen LogP contribution in [0.3, 0.4) is 0 Å². The van der Waals surface area contributed by atoms with Gasteiger partial charge in [0, 0.05) is 0 Å². The summed E-state index contributed by atoms with van der Waals surface area (Å²) in [6.45, 7) is 4.01. The summed E-state index contributed by atoms with van der Waals surface area (Å²) in [6, 6.07) is -1.00. The number of carbonyl (C=O) groups is 1. The zero-order valence-electron chi connectivity index (χ0n) is 33.6. The van der Waals surface area contributed by atoms with Gasteiger partial charge in [-0.1, -0.05) is 179 Å². The molecule has 0 aliphatic heterocycles. The van der Waals surface area contributed by atoms with Crippen LogP contribution in [0.25, 0.3) is 0 Å². The predicted molar refractivity (Wildman–Crippen MR) is 219 cm³/mol. The van der Waals surface area contributed by atoms with Crippen LogP contribution in [0.1, 0.15) is 213 Å². The summed E-state index contributed by atoms with van der Waals surface area (Å²) in [5.74, 6) is -0.600. The van der Waals surface area contributed by atoms with Gasteiger partial charge in [-0.2, -0.15) is 0 Å². The lowest BCUT2D eigenvalue weighted by Crippen LogP contribution is -2.53. The fourth-order valence-corrected chi connectivity index (χ4v) is 6.55. The van der Waals surface area contributed by atoms with Gasteiger partial charge in [0.1, 0.15) is 12.2 Å². The Morgan fingerprint density at radius 3 is 1.29 bits per heavy atom. The largest absolute Gasteiger partial charge is 0.394 e. The Kier molecular flexibility index (Phi) is 38.6. The van der Waals surface area contributed by atoms with Crippen molar-refractivity contribution in [2.45, 2.75) is 237 Å². The molecule has 0 spiro atoms. The van der Waals surface area contributed by atoms with Gasteiger partial charge in [0.05, 0.1) is 18.8 Å². The summed E-state index contributed by atoms with van der Waals surface area (Å²) in [7, 11) is 0.